The summed E-state index contributed by atoms with van der Waals surface area (Å²) in [7, 11) is 3.55. The molecule has 1 aliphatic rings. The van der Waals surface area contributed by atoms with Gasteiger partial charge in [-0.15, -0.1) is 0 Å². The van der Waals surface area contributed by atoms with E-state index >= 15 is 0 Å². The molecule has 0 spiro atoms. The van der Waals surface area contributed by atoms with Gasteiger partial charge in [0, 0.05) is 27.3 Å². The Labute approximate surface area is 112 Å². The van der Waals surface area contributed by atoms with Crippen LogP contribution in [0.5, 0.6) is 0 Å². The second-order valence-corrected chi connectivity index (χ2v) is 5.61. The summed E-state index contributed by atoms with van der Waals surface area (Å²) in [6.45, 7) is 9.92. The fourth-order valence-electron chi connectivity index (χ4n) is 2.43. The molecule has 0 bridgehead atoms. The van der Waals surface area contributed by atoms with Crippen LogP contribution in [-0.4, -0.2) is 64.1 Å². The van der Waals surface area contributed by atoms with Gasteiger partial charge in [-0.05, 0) is 38.4 Å². The van der Waals surface area contributed by atoms with Crippen molar-refractivity contribution in [2.24, 2.45) is 5.92 Å². The summed E-state index contributed by atoms with van der Waals surface area (Å²) in [6, 6.07) is 0. The first-order chi connectivity index (χ1) is 8.67. The predicted molar refractivity (Wildman–Crippen MR) is 75.0 cm³/mol. The van der Waals surface area contributed by atoms with Crippen LogP contribution in [0.15, 0.2) is 0 Å². The van der Waals surface area contributed by atoms with Gasteiger partial charge in [-0.3, -0.25) is 4.90 Å². The molecule has 4 heteroatoms. The SMILES string of the molecule is COC1CN(CCCCNCC(C)C)CC1OC. The van der Waals surface area contributed by atoms with E-state index in [4.69, 9.17) is 9.47 Å². The Morgan fingerprint density at radius 1 is 1.11 bits per heavy atom. The smallest absolute Gasteiger partial charge is 0.0971 e. The van der Waals surface area contributed by atoms with Gasteiger partial charge in [-0.1, -0.05) is 13.8 Å². The van der Waals surface area contributed by atoms with Crippen LogP contribution in [-0.2, 0) is 9.47 Å². The maximum atomic E-state index is 5.44. The van der Waals surface area contributed by atoms with E-state index in [-0.39, 0.29) is 12.2 Å². The lowest BCUT2D eigenvalue weighted by molar-refractivity contribution is -0.00461. The van der Waals surface area contributed by atoms with Crippen LogP contribution in [0.1, 0.15) is 26.7 Å². The van der Waals surface area contributed by atoms with E-state index in [0.717, 1.165) is 38.6 Å². The van der Waals surface area contributed by atoms with Gasteiger partial charge in [0.2, 0.25) is 0 Å². The van der Waals surface area contributed by atoms with E-state index in [1.807, 2.05) is 0 Å². The van der Waals surface area contributed by atoms with Crippen molar-refractivity contribution in [1.29, 1.82) is 0 Å². The average Bonchev–Trinajstić information content (AvgIpc) is 2.75. The number of ether oxygens (including phenoxy) is 2. The second-order valence-electron chi connectivity index (χ2n) is 5.61. The summed E-state index contributed by atoms with van der Waals surface area (Å²) in [4.78, 5) is 2.45. The average molecular weight is 258 g/mol. The summed E-state index contributed by atoms with van der Waals surface area (Å²) >= 11 is 0. The highest BCUT2D eigenvalue weighted by molar-refractivity contribution is 4.85. The van der Waals surface area contributed by atoms with E-state index in [2.05, 4.69) is 24.1 Å². The van der Waals surface area contributed by atoms with Crippen molar-refractivity contribution in [3.63, 3.8) is 0 Å². The zero-order chi connectivity index (χ0) is 13.4. The molecule has 4 nitrogen and oxygen atoms in total. The molecule has 1 N–H and O–H groups in total. The van der Waals surface area contributed by atoms with Crippen molar-refractivity contribution >= 4 is 0 Å². The molecule has 0 aliphatic carbocycles. The second kappa shape index (κ2) is 8.86. The largest absolute Gasteiger partial charge is 0.377 e. The number of hydrogen-bond acceptors (Lipinski definition) is 4. The van der Waals surface area contributed by atoms with Crippen LogP contribution in [0, 0.1) is 5.92 Å². The lowest BCUT2D eigenvalue weighted by Crippen LogP contribution is -2.27. The van der Waals surface area contributed by atoms with Gasteiger partial charge in [0.25, 0.3) is 0 Å². The number of hydrogen-bond donors (Lipinski definition) is 1. The third kappa shape index (κ3) is 5.65. The van der Waals surface area contributed by atoms with Gasteiger partial charge in [-0.25, -0.2) is 0 Å². The highest BCUT2D eigenvalue weighted by Gasteiger charge is 2.32. The minimum Gasteiger partial charge on any atom is -0.377 e. The number of methoxy groups -OCH3 is 2. The molecular weight excluding hydrogens is 228 g/mol. The van der Waals surface area contributed by atoms with Crippen molar-refractivity contribution in [3.05, 3.63) is 0 Å². The zero-order valence-corrected chi connectivity index (χ0v) is 12.4. The molecule has 108 valence electrons. The Morgan fingerprint density at radius 2 is 1.72 bits per heavy atom. The van der Waals surface area contributed by atoms with Crippen LogP contribution in [0.2, 0.25) is 0 Å². The van der Waals surface area contributed by atoms with Gasteiger partial charge >= 0.3 is 0 Å². The summed E-state index contributed by atoms with van der Waals surface area (Å²) in [5.41, 5.74) is 0. The minimum atomic E-state index is 0.245. The first kappa shape index (κ1) is 15.9. The highest BCUT2D eigenvalue weighted by Crippen LogP contribution is 2.15. The normalized spacial score (nSPS) is 25.2. The fourth-order valence-corrected chi connectivity index (χ4v) is 2.43. The molecule has 0 radical (unpaired) electrons. The molecule has 2 unspecified atom stereocenters. The van der Waals surface area contributed by atoms with Gasteiger partial charge in [-0.2, -0.15) is 0 Å². The van der Waals surface area contributed by atoms with Crippen molar-refractivity contribution < 1.29 is 9.47 Å². The minimum absolute atomic E-state index is 0.245. The van der Waals surface area contributed by atoms with E-state index < -0.39 is 0 Å². The number of rotatable bonds is 9. The molecule has 1 rings (SSSR count). The fraction of sp³-hybridized carbons (Fsp3) is 1.00. The van der Waals surface area contributed by atoms with Crippen LogP contribution in [0.4, 0.5) is 0 Å². The summed E-state index contributed by atoms with van der Waals surface area (Å²) in [6.07, 6.45) is 2.99. The van der Waals surface area contributed by atoms with Crippen LogP contribution in [0.25, 0.3) is 0 Å². The molecule has 0 saturated carbocycles. The summed E-state index contributed by atoms with van der Waals surface area (Å²) in [5.74, 6) is 0.744. The number of likely N-dealkylation sites (tertiary alicyclic amines) is 1. The maximum Gasteiger partial charge on any atom is 0.0971 e. The standard InChI is InChI=1S/C14H30N2O2/c1-12(2)9-15-7-5-6-8-16-10-13(17-3)14(11-16)18-4/h12-15H,5-11H2,1-4H3. The molecule has 1 saturated heterocycles. The first-order valence-electron chi connectivity index (χ1n) is 7.16. The Bertz CT molecular complexity index is 200. The Morgan fingerprint density at radius 3 is 2.22 bits per heavy atom. The predicted octanol–water partition coefficient (Wildman–Crippen LogP) is 1.36. The van der Waals surface area contributed by atoms with Gasteiger partial charge in [0.05, 0.1) is 12.2 Å². The summed E-state index contributed by atoms with van der Waals surface area (Å²) < 4.78 is 10.9. The zero-order valence-electron chi connectivity index (χ0n) is 12.4. The van der Waals surface area contributed by atoms with E-state index in [1.54, 1.807) is 14.2 Å². The monoisotopic (exact) mass is 258 g/mol. The van der Waals surface area contributed by atoms with Crippen LogP contribution >= 0.6 is 0 Å². The Kier molecular flexibility index (Phi) is 7.82. The van der Waals surface area contributed by atoms with Crippen molar-refractivity contribution in [1.82, 2.24) is 10.2 Å². The molecule has 1 fully saturated rings. The van der Waals surface area contributed by atoms with Gasteiger partial charge < -0.3 is 14.8 Å². The van der Waals surface area contributed by atoms with Crippen molar-refractivity contribution in [2.45, 2.75) is 38.9 Å². The molecular formula is C14H30N2O2. The van der Waals surface area contributed by atoms with E-state index in [1.165, 1.54) is 12.8 Å². The number of nitrogens with one attached hydrogen (secondary N) is 1. The highest BCUT2D eigenvalue weighted by atomic mass is 16.5. The Hall–Kier alpha value is -0.160. The number of unbranched alkanes of at least 4 members (excludes halogenated alkanes) is 1. The molecule has 0 aromatic rings. The topological polar surface area (TPSA) is 33.7 Å². The third-order valence-corrected chi connectivity index (χ3v) is 3.53. The third-order valence-electron chi connectivity index (χ3n) is 3.53. The molecule has 2 atom stereocenters. The van der Waals surface area contributed by atoms with Crippen LogP contribution < -0.4 is 5.32 Å². The van der Waals surface area contributed by atoms with Gasteiger partial charge in [0.1, 0.15) is 0 Å². The van der Waals surface area contributed by atoms with Crippen LogP contribution in [0.3, 0.4) is 0 Å². The van der Waals surface area contributed by atoms with Gasteiger partial charge in [0.15, 0.2) is 0 Å². The lowest BCUT2D eigenvalue weighted by atomic mass is 10.2. The van der Waals surface area contributed by atoms with E-state index in [9.17, 15) is 0 Å². The molecule has 1 heterocycles. The van der Waals surface area contributed by atoms with Crippen molar-refractivity contribution in [2.75, 3.05) is 46.9 Å². The van der Waals surface area contributed by atoms with Crippen molar-refractivity contribution in [3.8, 4) is 0 Å². The molecule has 1 aliphatic heterocycles. The maximum absolute atomic E-state index is 5.44. The number of nitrogens with zero attached hydrogens (tertiary/aromatic N) is 1. The van der Waals surface area contributed by atoms with E-state index in [0.29, 0.717) is 0 Å². The quantitative estimate of drug-likeness (QED) is 0.633. The molecule has 0 aromatic heterocycles. The first-order valence-corrected chi connectivity index (χ1v) is 7.16. The Balaban J connectivity index is 2.03. The molecule has 0 aromatic carbocycles. The molecule has 18 heavy (non-hydrogen) atoms. The summed E-state index contributed by atoms with van der Waals surface area (Å²) in [5, 5.41) is 3.48. The molecule has 0 amide bonds. The lowest BCUT2D eigenvalue weighted by Gasteiger charge is -2.15.